The summed E-state index contributed by atoms with van der Waals surface area (Å²) in [4.78, 5) is 13.7. The van der Waals surface area contributed by atoms with E-state index in [1.807, 2.05) is 12.1 Å². The van der Waals surface area contributed by atoms with Gasteiger partial charge in [-0.3, -0.25) is 0 Å². The Labute approximate surface area is 196 Å². The van der Waals surface area contributed by atoms with Gasteiger partial charge in [-0.05, 0) is 94.6 Å². The highest BCUT2D eigenvalue weighted by atomic mass is 35.5. The Hall–Kier alpha value is -1.10. The number of hydrogen-bond donors (Lipinski definition) is 1. The zero-order valence-electron chi connectivity index (χ0n) is 18.8. The topological polar surface area (TPSA) is 46.5 Å². The molecule has 1 N–H and O–H groups in total. The Morgan fingerprint density at radius 3 is 2.87 bits per heavy atom. The largest absolute Gasteiger partial charge is 0.459 e. The van der Waals surface area contributed by atoms with Gasteiger partial charge in [-0.2, -0.15) is 0 Å². The molecule has 0 spiro atoms. The molecule has 2 aliphatic rings. The first-order valence-electron chi connectivity index (χ1n) is 12.0. The lowest BCUT2D eigenvalue weighted by atomic mass is 9.85. The highest BCUT2D eigenvalue weighted by Gasteiger charge is 2.33. The summed E-state index contributed by atoms with van der Waals surface area (Å²) < 4.78 is 4.99. The average Bonchev–Trinajstić information content (AvgIpc) is 3.40. The van der Waals surface area contributed by atoms with E-state index in [-0.39, 0.29) is 19.2 Å². The highest BCUT2D eigenvalue weighted by molar-refractivity contribution is 7.13. The predicted octanol–water partition coefficient (Wildman–Crippen LogP) is 7.08. The Kier molecular flexibility index (Phi) is 10.1. The van der Waals surface area contributed by atoms with Crippen LogP contribution in [-0.4, -0.2) is 29.7 Å². The molecule has 31 heavy (non-hydrogen) atoms. The van der Waals surface area contributed by atoms with Gasteiger partial charge in [-0.25, -0.2) is 4.79 Å². The first-order valence-corrected chi connectivity index (χ1v) is 13.2. The molecule has 1 saturated carbocycles. The summed E-state index contributed by atoms with van der Waals surface area (Å²) >= 11 is 8.22. The van der Waals surface area contributed by atoms with Crippen LogP contribution in [0.4, 0.5) is 0 Å². The minimum absolute atomic E-state index is 0.0556. The summed E-state index contributed by atoms with van der Waals surface area (Å²) in [6.07, 6.45) is 18.0. The zero-order valence-corrected chi connectivity index (χ0v) is 20.4. The average molecular weight is 465 g/mol. The van der Waals surface area contributed by atoms with E-state index in [0.717, 1.165) is 31.6 Å². The third-order valence-electron chi connectivity index (χ3n) is 6.77. The number of aryl methyl sites for hydroxylation is 1. The second-order valence-corrected chi connectivity index (χ2v) is 10.6. The van der Waals surface area contributed by atoms with Gasteiger partial charge >= 0.3 is 5.97 Å². The van der Waals surface area contributed by atoms with Crippen LogP contribution in [0.3, 0.4) is 0 Å². The van der Waals surface area contributed by atoms with E-state index in [2.05, 4.69) is 19.1 Å². The number of thiophene rings is 1. The highest BCUT2D eigenvalue weighted by Crippen LogP contribution is 2.42. The van der Waals surface area contributed by atoms with Crippen LogP contribution in [-0.2, 0) is 11.2 Å². The maximum atomic E-state index is 11.9. The van der Waals surface area contributed by atoms with Crippen LogP contribution in [0, 0.1) is 11.8 Å². The molecule has 1 aromatic rings. The number of ether oxygens (including phenoxy) is 1. The van der Waals surface area contributed by atoms with Crippen LogP contribution in [0.25, 0.3) is 0 Å². The Balaban J connectivity index is 1.41. The molecule has 0 aromatic carbocycles. The molecule has 0 amide bonds. The molecular formula is C26H37ClO3S. The van der Waals surface area contributed by atoms with Gasteiger partial charge in [0.1, 0.15) is 11.5 Å². The van der Waals surface area contributed by atoms with Crippen molar-refractivity contribution in [2.45, 2.75) is 82.9 Å². The summed E-state index contributed by atoms with van der Waals surface area (Å²) in [5.74, 6) is 1.05. The molecule has 0 radical (unpaired) electrons. The summed E-state index contributed by atoms with van der Waals surface area (Å²) in [5, 5.41) is 9.10. The number of rotatable bonds is 12. The second kappa shape index (κ2) is 12.8. The maximum absolute atomic E-state index is 11.9. The number of allylic oxidation sites excluding steroid dienone is 4. The lowest BCUT2D eigenvalue weighted by Gasteiger charge is -2.22. The van der Waals surface area contributed by atoms with E-state index in [1.165, 1.54) is 66.7 Å². The van der Waals surface area contributed by atoms with Crippen LogP contribution in [0.1, 0.15) is 85.7 Å². The molecule has 3 atom stereocenters. The van der Waals surface area contributed by atoms with Gasteiger partial charge in [-0.1, -0.05) is 30.2 Å². The number of carbonyl (C=O) groups excluding carboxylic acids is 1. The molecule has 5 heteroatoms. The van der Waals surface area contributed by atoms with Crippen molar-refractivity contribution in [2.75, 3.05) is 13.2 Å². The van der Waals surface area contributed by atoms with Crippen LogP contribution in [0.2, 0.25) is 0 Å². The van der Waals surface area contributed by atoms with Gasteiger partial charge in [0.2, 0.25) is 0 Å². The number of aliphatic hydroxyl groups excluding tert-OH is 1. The van der Waals surface area contributed by atoms with E-state index < -0.39 is 0 Å². The van der Waals surface area contributed by atoms with E-state index in [1.54, 1.807) is 5.57 Å². The zero-order chi connectivity index (χ0) is 22.1. The van der Waals surface area contributed by atoms with Crippen molar-refractivity contribution in [3.8, 4) is 0 Å². The number of hydrogen-bond acceptors (Lipinski definition) is 4. The normalized spacial score (nSPS) is 23.5. The molecule has 1 heterocycles. The van der Waals surface area contributed by atoms with Gasteiger partial charge in [0.05, 0.1) is 6.61 Å². The van der Waals surface area contributed by atoms with Crippen molar-refractivity contribution >= 4 is 28.9 Å². The first kappa shape index (κ1) is 24.5. The Morgan fingerprint density at radius 1 is 1.23 bits per heavy atom. The van der Waals surface area contributed by atoms with Crippen LogP contribution >= 0.6 is 22.9 Å². The molecule has 0 saturated heterocycles. The molecule has 0 bridgehead atoms. The molecular weight excluding hydrogens is 428 g/mol. The first-order chi connectivity index (χ1) is 15.1. The number of alkyl halides is 1. The summed E-state index contributed by atoms with van der Waals surface area (Å²) in [6.45, 7) is 2.16. The van der Waals surface area contributed by atoms with Crippen LogP contribution in [0.5, 0.6) is 0 Å². The van der Waals surface area contributed by atoms with Gasteiger partial charge in [0.15, 0.2) is 0 Å². The minimum Gasteiger partial charge on any atom is -0.459 e. The van der Waals surface area contributed by atoms with Crippen LogP contribution in [0.15, 0.2) is 35.4 Å². The van der Waals surface area contributed by atoms with E-state index in [4.69, 9.17) is 21.4 Å². The predicted molar refractivity (Wildman–Crippen MR) is 130 cm³/mol. The SMILES string of the molecule is CCC1=CCCC(CCC[C@H]2CC[C@@H](Cl)[C@@H]2CCCc2ccc(C(=O)OCCO)s2)=C1. The molecule has 1 fully saturated rings. The summed E-state index contributed by atoms with van der Waals surface area (Å²) in [5.41, 5.74) is 3.15. The van der Waals surface area contributed by atoms with Crippen molar-refractivity contribution in [1.29, 1.82) is 0 Å². The summed E-state index contributed by atoms with van der Waals surface area (Å²) in [6, 6.07) is 3.86. The fraction of sp³-hybridized carbons (Fsp3) is 0.654. The van der Waals surface area contributed by atoms with Gasteiger partial charge in [0, 0.05) is 10.3 Å². The van der Waals surface area contributed by atoms with Crippen molar-refractivity contribution in [3.05, 3.63) is 45.2 Å². The smallest absolute Gasteiger partial charge is 0.348 e. The van der Waals surface area contributed by atoms with E-state index in [9.17, 15) is 4.79 Å². The Bertz CT molecular complexity index is 766. The monoisotopic (exact) mass is 464 g/mol. The molecule has 172 valence electrons. The van der Waals surface area contributed by atoms with E-state index in [0.29, 0.717) is 16.2 Å². The molecule has 3 nitrogen and oxygen atoms in total. The quantitative estimate of drug-likeness (QED) is 0.265. The van der Waals surface area contributed by atoms with Crippen LogP contribution < -0.4 is 0 Å². The molecule has 3 rings (SSSR count). The number of carbonyl (C=O) groups is 1. The fourth-order valence-electron chi connectivity index (χ4n) is 5.09. The fourth-order valence-corrected chi connectivity index (χ4v) is 6.49. The number of esters is 1. The van der Waals surface area contributed by atoms with Gasteiger partial charge < -0.3 is 9.84 Å². The van der Waals surface area contributed by atoms with Crippen molar-refractivity contribution in [1.82, 2.24) is 0 Å². The lowest BCUT2D eigenvalue weighted by molar-refractivity contribution is 0.0439. The molecule has 2 aliphatic carbocycles. The molecule has 0 unspecified atom stereocenters. The van der Waals surface area contributed by atoms with Crippen molar-refractivity contribution in [3.63, 3.8) is 0 Å². The minimum atomic E-state index is -0.336. The third-order valence-corrected chi connectivity index (χ3v) is 8.44. The lowest BCUT2D eigenvalue weighted by Crippen LogP contribution is -2.15. The summed E-state index contributed by atoms with van der Waals surface area (Å²) in [7, 11) is 0. The second-order valence-electron chi connectivity index (χ2n) is 8.90. The van der Waals surface area contributed by atoms with Crippen molar-refractivity contribution in [2.24, 2.45) is 11.8 Å². The molecule has 0 aliphatic heterocycles. The van der Waals surface area contributed by atoms with Gasteiger partial charge in [0.25, 0.3) is 0 Å². The van der Waals surface area contributed by atoms with Gasteiger partial charge in [-0.15, -0.1) is 22.9 Å². The standard InChI is InChI=1S/C26H37ClO3S/c1-2-19-6-3-7-20(18-19)8-4-9-21-12-14-24(27)23(21)11-5-10-22-13-15-25(31-22)26(29)30-17-16-28/h6,13,15,18,21,23-24,28H,2-5,7-12,14,16-17H2,1H3/t21-,23+,24+/m0/s1. The van der Waals surface area contributed by atoms with Crippen molar-refractivity contribution < 1.29 is 14.6 Å². The number of aliphatic hydroxyl groups is 1. The third kappa shape index (κ3) is 7.47. The molecule has 1 aromatic heterocycles. The number of halogens is 1. The van der Waals surface area contributed by atoms with E-state index >= 15 is 0 Å². The maximum Gasteiger partial charge on any atom is 0.348 e. The Morgan fingerprint density at radius 2 is 2.06 bits per heavy atom.